The van der Waals surface area contributed by atoms with Crippen molar-refractivity contribution >= 4 is 45.0 Å². The molecule has 1 atom stereocenters. The molecule has 5 aromatic rings. The van der Waals surface area contributed by atoms with Gasteiger partial charge in [-0.1, -0.05) is 83.9 Å². The summed E-state index contributed by atoms with van der Waals surface area (Å²) in [6, 6.07) is 32.6. The normalized spacial score (nSPS) is 12.6. The number of halogens is 2. The maximum absolute atomic E-state index is 11.3. The Hall–Kier alpha value is -2.82. The molecule has 34 heavy (non-hydrogen) atoms. The molecule has 0 aliphatic carbocycles. The molecule has 0 fully saturated rings. The van der Waals surface area contributed by atoms with Gasteiger partial charge in [-0.2, -0.15) is 0 Å². The summed E-state index contributed by atoms with van der Waals surface area (Å²) in [4.78, 5) is 2.30. The van der Waals surface area contributed by atoms with Crippen LogP contribution in [0, 0.1) is 0 Å². The molecule has 5 heteroatoms. The molecule has 1 unspecified atom stereocenters. The zero-order chi connectivity index (χ0) is 23.5. The first-order valence-corrected chi connectivity index (χ1v) is 12.2. The molecule has 0 saturated heterocycles. The summed E-state index contributed by atoms with van der Waals surface area (Å²) >= 11 is 12.6. The summed E-state index contributed by atoms with van der Waals surface area (Å²) in [6.45, 7) is 2.56. The lowest BCUT2D eigenvalue weighted by Crippen LogP contribution is -2.34. The van der Waals surface area contributed by atoms with Crippen LogP contribution in [-0.4, -0.2) is 27.2 Å². The molecule has 5 rings (SSSR count). The first-order valence-electron chi connectivity index (χ1n) is 11.4. The molecular weight excluding hydrogens is 463 g/mol. The zero-order valence-corrected chi connectivity index (χ0v) is 20.3. The SMILES string of the molecule is OC(CN(Cc1ccccc1)Cc1ccccc1)Cn1c2ccc(Cl)cc2c2cc(Cl)ccc21. The third kappa shape index (κ3) is 5.13. The third-order valence-corrected chi connectivity index (χ3v) is 6.62. The van der Waals surface area contributed by atoms with Crippen LogP contribution in [0.5, 0.6) is 0 Å². The highest BCUT2D eigenvalue weighted by Crippen LogP contribution is 2.33. The molecule has 1 aromatic heterocycles. The van der Waals surface area contributed by atoms with Crippen LogP contribution in [0.25, 0.3) is 21.8 Å². The molecule has 1 heterocycles. The second-order valence-electron chi connectivity index (χ2n) is 8.73. The molecule has 0 radical (unpaired) electrons. The summed E-state index contributed by atoms with van der Waals surface area (Å²) in [5, 5.41) is 14.7. The quantitative estimate of drug-likeness (QED) is 0.250. The van der Waals surface area contributed by atoms with Crippen LogP contribution in [0.15, 0.2) is 97.1 Å². The first kappa shape index (κ1) is 22.9. The monoisotopic (exact) mass is 488 g/mol. The van der Waals surface area contributed by atoms with Gasteiger partial charge in [0.05, 0.1) is 12.6 Å². The van der Waals surface area contributed by atoms with Gasteiger partial charge < -0.3 is 9.67 Å². The Morgan fingerprint density at radius 1 is 0.676 bits per heavy atom. The van der Waals surface area contributed by atoms with Gasteiger partial charge in [-0.05, 0) is 47.5 Å². The van der Waals surface area contributed by atoms with Crippen molar-refractivity contribution in [1.82, 2.24) is 9.47 Å². The van der Waals surface area contributed by atoms with E-state index in [4.69, 9.17) is 23.2 Å². The lowest BCUT2D eigenvalue weighted by atomic mass is 10.1. The number of aromatic nitrogens is 1. The van der Waals surface area contributed by atoms with Gasteiger partial charge in [0.15, 0.2) is 0 Å². The van der Waals surface area contributed by atoms with Crippen LogP contribution in [0.2, 0.25) is 10.0 Å². The van der Waals surface area contributed by atoms with Gasteiger partial charge in [0.2, 0.25) is 0 Å². The molecule has 4 aromatic carbocycles. The molecule has 0 aliphatic heterocycles. The van der Waals surface area contributed by atoms with Crippen molar-refractivity contribution in [2.75, 3.05) is 6.54 Å². The van der Waals surface area contributed by atoms with Gasteiger partial charge in [0, 0.05) is 51.5 Å². The first-order chi connectivity index (χ1) is 16.6. The van der Waals surface area contributed by atoms with Gasteiger partial charge in [0.25, 0.3) is 0 Å². The average molecular weight is 489 g/mol. The Morgan fingerprint density at radius 3 is 1.62 bits per heavy atom. The standard InChI is InChI=1S/C29H26Cl2N2O/c30-23-11-13-28-26(15-23)27-16-24(31)12-14-29(27)33(28)20-25(34)19-32(17-21-7-3-1-4-8-21)18-22-9-5-2-6-10-22/h1-16,25,34H,17-20H2. The fraction of sp³-hybridized carbons (Fsp3) is 0.172. The highest BCUT2D eigenvalue weighted by molar-refractivity contribution is 6.33. The number of aliphatic hydroxyl groups is 1. The second kappa shape index (κ2) is 10.2. The number of fused-ring (bicyclic) bond motifs is 3. The molecule has 0 spiro atoms. The lowest BCUT2D eigenvalue weighted by molar-refractivity contribution is 0.0926. The summed E-state index contributed by atoms with van der Waals surface area (Å²) in [6.07, 6.45) is -0.558. The summed E-state index contributed by atoms with van der Waals surface area (Å²) in [5.41, 5.74) is 4.54. The van der Waals surface area contributed by atoms with E-state index >= 15 is 0 Å². The Kier molecular flexibility index (Phi) is 6.89. The van der Waals surface area contributed by atoms with Crippen LogP contribution in [0.3, 0.4) is 0 Å². The summed E-state index contributed by atoms with van der Waals surface area (Å²) < 4.78 is 2.17. The molecule has 3 nitrogen and oxygen atoms in total. The maximum atomic E-state index is 11.3. The van der Waals surface area contributed by atoms with Crippen LogP contribution in [0.1, 0.15) is 11.1 Å². The number of benzene rings is 4. The van der Waals surface area contributed by atoms with Gasteiger partial charge >= 0.3 is 0 Å². The van der Waals surface area contributed by atoms with E-state index in [0.717, 1.165) is 34.9 Å². The van der Waals surface area contributed by atoms with Crippen LogP contribution in [-0.2, 0) is 19.6 Å². The van der Waals surface area contributed by atoms with Crippen molar-refractivity contribution in [3.63, 3.8) is 0 Å². The van der Waals surface area contributed by atoms with Crippen LogP contribution < -0.4 is 0 Å². The number of hydrogen-bond acceptors (Lipinski definition) is 2. The third-order valence-electron chi connectivity index (χ3n) is 6.15. The Labute approximate surface area is 209 Å². The maximum Gasteiger partial charge on any atom is 0.0846 e. The van der Waals surface area contributed by atoms with Crippen molar-refractivity contribution in [2.45, 2.75) is 25.7 Å². The Bertz CT molecular complexity index is 1300. The van der Waals surface area contributed by atoms with Gasteiger partial charge in [0.1, 0.15) is 0 Å². The average Bonchev–Trinajstić information content (AvgIpc) is 3.12. The summed E-state index contributed by atoms with van der Waals surface area (Å²) in [7, 11) is 0. The smallest absolute Gasteiger partial charge is 0.0846 e. The van der Waals surface area contributed by atoms with Crippen LogP contribution in [0.4, 0.5) is 0 Å². The van der Waals surface area contributed by atoms with Gasteiger partial charge in [-0.15, -0.1) is 0 Å². The van der Waals surface area contributed by atoms with E-state index in [1.54, 1.807) is 0 Å². The molecule has 172 valence electrons. The van der Waals surface area contributed by atoms with Crippen LogP contribution >= 0.6 is 23.2 Å². The van der Waals surface area contributed by atoms with E-state index in [2.05, 4.69) is 58.0 Å². The van der Waals surface area contributed by atoms with E-state index in [0.29, 0.717) is 23.1 Å². The van der Waals surface area contributed by atoms with E-state index < -0.39 is 6.10 Å². The number of rotatable bonds is 8. The number of hydrogen-bond donors (Lipinski definition) is 1. The molecule has 1 N–H and O–H groups in total. The van der Waals surface area contributed by atoms with E-state index in [-0.39, 0.29) is 0 Å². The highest BCUT2D eigenvalue weighted by Gasteiger charge is 2.18. The van der Waals surface area contributed by atoms with E-state index in [1.807, 2.05) is 48.5 Å². The van der Waals surface area contributed by atoms with Crippen molar-refractivity contribution in [3.05, 3.63) is 118 Å². The van der Waals surface area contributed by atoms with E-state index in [9.17, 15) is 5.11 Å². The minimum atomic E-state index is -0.558. The molecule has 0 bridgehead atoms. The fourth-order valence-corrected chi connectivity index (χ4v) is 5.02. The molecule has 0 saturated carbocycles. The van der Waals surface area contributed by atoms with Crippen molar-refractivity contribution in [3.8, 4) is 0 Å². The number of aliphatic hydroxyl groups excluding tert-OH is 1. The predicted molar refractivity (Wildman–Crippen MR) is 142 cm³/mol. The predicted octanol–water partition coefficient (Wildman–Crippen LogP) is 7.16. The lowest BCUT2D eigenvalue weighted by Gasteiger charge is -2.26. The topological polar surface area (TPSA) is 28.4 Å². The molecule has 0 aliphatic rings. The second-order valence-corrected chi connectivity index (χ2v) is 9.60. The Balaban J connectivity index is 1.43. The zero-order valence-electron chi connectivity index (χ0n) is 18.7. The number of nitrogens with zero attached hydrogens (tertiary/aromatic N) is 2. The largest absolute Gasteiger partial charge is 0.390 e. The Morgan fingerprint density at radius 2 is 1.15 bits per heavy atom. The van der Waals surface area contributed by atoms with Crippen molar-refractivity contribution < 1.29 is 5.11 Å². The van der Waals surface area contributed by atoms with Crippen molar-refractivity contribution in [1.29, 1.82) is 0 Å². The minimum absolute atomic E-state index is 0.476. The van der Waals surface area contributed by atoms with Crippen molar-refractivity contribution in [2.24, 2.45) is 0 Å². The highest BCUT2D eigenvalue weighted by atomic mass is 35.5. The summed E-state index contributed by atoms with van der Waals surface area (Å²) in [5.74, 6) is 0. The van der Waals surface area contributed by atoms with Gasteiger partial charge in [-0.25, -0.2) is 0 Å². The molecule has 0 amide bonds. The van der Waals surface area contributed by atoms with E-state index in [1.165, 1.54) is 11.1 Å². The minimum Gasteiger partial charge on any atom is -0.390 e. The van der Waals surface area contributed by atoms with Gasteiger partial charge in [-0.3, -0.25) is 4.90 Å². The fourth-order valence-electron chi connectivity index (χ4n) is 4.68. The molecular formula is C29H26Cl2N2O.